The maximum absolute atomic E-state index is 5.29. The van der Waals surface area contributed by atoms with Crippen LogP contribution in [0.2, 0.25) is 0 Å². The molecule has 3 rings (SSSR count). The van der Waals surface area contributed by atoms with E-state index in [1.807, 2.05) is 18.4 Å². The average Bonchev–Trinajstić information content (AvgIpc) is 2.91. The Balaban J connectivity index is 1.75. The van der Waals surface area contributed by atoms with E-state index in [2.05, 4.69) is 53.2 Å². The number of hydrogen-bond donors (Lipinski definition) is 1. The molecule has 0 bridgehead atoms. The summed E-state index contributed by atoms with van der Waals surface area (Å²) in [6, 6.07) is 8.30. The highest BCUT2D eigenvalue weighted by molar-refractivity contribution is 5.71. The van der Waals surface area contributed by atoms with Gasteiger partial charge in [0.1, 0.15) is 0 Å². The Labute approximate surface area is 117 Å². The Morgan fingerprint density at radius 3 is 2.70 bits per heavy atom. The van der Waals surface area contributed by atoms with Gasteiger partial charge in [-0.05, 0) is 24.6 Å². The van der Waals surface area contributed by atoms with Crippen molar-refractivity contribution >= 4 is 5.57 Å². The summed E-state index contributed by atoms with van der Waals surface area (Å²) in [5, 5.41) is 7.03. The van der Waals surface area contributed by atoms with Gasteiger partial charge in [0.2, 0.25) is 11.7 Å². The lowest BCUT2D eigenvalue weighted by molar-refractivity contribution is 0.383. The monoisotopic (exact) mass is 265 g/mol. The van der Waals surface area contributed by atoms with E-state index in [1.54, 1.807) is 0 Å². The van der Waals surface area contributed by atoms with Crippen molar-refractivity contribution in [2.24, 2.45) is 0 Å². The summed E-state index contributed by atoms with van der Waals surface area (Å²) < 4.78 is 5.29. The predicted molar refractivity (Wildman–Crippen MR) is 77.7 cm³/mol. The molecule has 0 saturated heterocycles. The first-order valence-electron chi connectivity index (χ1n) is 6.43. The van der Waals surface area contributed by atoms with Crippen LogP contribution in [0.15, 0.2) is 59.4 Å². The number of nitrogens with one attached hydrogen (secondary N) is 1. The smallest absolute Gasteiger partial charge is 0.231 e. The molecule has 0 aliphatic carbocycles. The van der Waals surface area contributed by atoms with E-state index in [-0.39, 0.29) is 0 Å². The maximum atomic E-state index is 5.29. The molecule has 0 saturated carbocycles. The molecule has 0 amide bonds. The molecule has 0 unspecified atom stereocenters. The summed E-state index contributed by atoms with van der Waals surface area (Å²) in [6.45, 7) is 5.87. The summed E-state index contributed by atoms with van der Waals surface area (Å²) in [5.41, 5.74) is 4.13. The number of benzene rings is 1. The van der Waals surface area contributed by atoms with Crippen molar-refractivity contribution in [1.82, 2.24) is 15.5 Å². The van der Waals surface area contributed by atoms with Gasteiger partial charge in [-0.2, -0.15) is 4.98 Å². The van der Waals surface area contributed by atoms with E-state index in [9.17, 15) is 0 Å². The van der Waals surface area contributed by atoms with Crippen LogP contribution in [0.5, 0.6) is 0 Å². The maximum Gasteiger partial charge on any atom is 0.231 e. The zero-order valence-electron chi connectivity index (χ0n) is 11.3. The van der Waals surface area contributed by atoms with Crippen LogP contribution in [-0.4, -0.2) is 10.1 Å². The molecule has 20 heavy (non-hydrogen) atoms. The van der Waals surface area contributed by atoms with Gasteiger partial charge in [-0.15, -0.1) is 0 Å². The van der Waals surface area contributed by atoms with Gasteiger partial charge in [-0.25, -0.2) is 0 Å². The van der Waals surface area contributed by atoms with Crippen LogP contribution in [0.3, 0.4) is 0 Å². The Morgan fingerprint density at radius 1 is 1.20 bits per heavy atom. The number of aromatic nitrogens is 2. The number of aryl methyl sites for hydroxylation is 1. The van der Waals surface area contributed by atoms with E-state index < -0.39 is 0 Å². The number of dihydropyridines is 1. The molecular weight excluding hydrogens is 250 g/mol. The second kappa shape index (κ2) is 5.17. The minimum Gasteiger partial charge on any atom is -0.361 e. The van der Waals surface area contributed by atoms with Crippen molar-refractivity contribution in [3.05, 3.63) is 77.7 Å². The third-order valence-electron chi connectivity index (χ3n) is 3.08. The molecule has 1 aromatic heterocycles. The van der Waals surface area contributed by atoms with Gasteiger partial charge in [-0.3, -0.25) is 0 Å². The lowest BCUT2D eigenvalue weighted by atomic mass is 10.1. The van der Waals surface area contributed by atoms with Crippen LogP contribution in [0, 0.1) is 6.92 Å². The Hall–Kier alpha value is -2.62. The summed E-state index contributed by atoms with van der Waals surface area (Å²) in [6.07, 6.45) is 6.26. The third kappa shape index (κ3) is 2.69. The van der Waals surface area contributed by atoms with Crippen molar-refractivity contribution in [2.75, 3.05) is 0 Å². The number of rotatable bonds is 3. The fraction of sp³-hybridized carbons (Fsp3) is 0.125. The highest BCUT2D eigenvalue weighted by Crippen LogP contribution is 2.17. The van der Waals surface area contributed by atoms with Crippen LogP contribution in [0.4, 0.5) is 0 Å². The lowest BCUT2D eigenvalue weighted by Crippen LogP contribution is -2.06. The molecule has 1 aliphatic rings. The molecular formula is C16H15N3O. The molecule has 1 aromatic carbocycles. The quantitative estimate of drug-likeness (QED) is 0.927. The minimum atomic E-state index is 0.586. The van der Waals surface area contributed by atoms with Gasteiger partial charge < -0.3 is 9.84 Å². The van der Waals surface area contributed by atoms with E-state index in [4.69, 9.17) is 4.52 Å². The third-order valence-corrected chi connectivity index (χ3v) is 3.08. The van der Waals surface area contributed by atoms with Gasteiger partial charge in [-0.1, -0.05) is 41.6 Å². The van der Waals surface area contributed by atoms with E-state index in [0.717, 1.165) is 16.8 Å². The summed E-state index contributed by atoms with van der Waals surface area (Å²) in [4.78, 5) is 4.41. The van der Waals surface area contributed by atoms with Gasteiger partial charge >= 0.3 is 0 Å². The van der Waals surface area contributed by atoms with Gasteiger partial charge in [0.15, 0.2) is 0 Å². The van der Waals surface area contributed by atoms with Gasteiger partial charge in [0.25, 0.3) is 0 Å². The first-order chi connectivity index (χ1) is 9.70. The topological polar surface area (TPSA) is 51.0 Å². The summed E-state index contributed by atoms with van der Waals surface area (Å²) in [5.74, 6) is 1.20. The first kappa shape index (κ1) is 12.4. The Bertz CT molecular complexity index is 693. The largest absolute Gasteiger partial charge is 0.361 e. The zero-order valence-corrected chi connectivity index (χ0v) is 11.3. The molecule has 0 radical (unpaired) electrons. The minimum absolute atomic E-state index is 0.586. The molecule has 100 valence electrons. The average molecular weight is 265 g/mol. The highest BCUT2D eigenvalue weighted by Gasteiger charge is 2.11. The molecule has 2 aromatic rings. The normalized spacial score (nSPS) is 14.1. The number of allylic oxidation sites excluding steroid dienone is 3. The Kier molecular flexibility index (Phi) is 3.21. The van der Waals surface area contributed by atoms with E-state index >= 15 is 0 Å². The number of hydrogen-bond acceptors (Lipinski definition) is 4. The molecule has 1 aliphatic heterocycles. The molecule has 4 nitrogen and oxygen atoms in total. The van der Waals surface area contributed by atoms with E-state index in [1.165, 1.54) is 5.56 Å². The van der Waals surface area contributed by atoms with Crippen LogP contribution in [0.25, 0.3) is 5.57 Å². The molecule has 1 N–H and O–H groups in total. The number of nitrogens with zero attached hydrogens (tertiary/aromatic N) is 2. The molecule has 4 heteroatoms. The fourth-order valence-electron chi connectivity index (χ4n) is 1.92. The van der Waals surface area contributed by atoms with E-state index in [0.29, 0.717) is 18.1 Å². The lowest BCUT2D eigenvalue weighted by Gasteiger charge is -2.06. The predicted octanol–water partition coefficient (Wildman–Crippen LogP) is 2.98. The van der Waals surface area contributed by atoms with Gasteiger partial charge in [0, 0.05) is 17.5 Å². The zero-order chi connectivity index (χ0) is 13.9. The van der Waals surface area contributed by atoms with Crippen LogP contribution in [-0.2, 0) is 6.42 Å². The molecule has 2 heterocycles. The van der Waals surface area contributed by atoms with Crippen molar-refractivity contribution in [2.45, 2.75) is 13.3 Å². The van der Waals surface area contributed by atoms with Crippen molar-refractivity contribution in [3.63, 3.8) is 0 Å². The Morgan fingerprint density at radius 2 is 2.00 bits per heavy atom. The molecule has 0 atom stereocenters. The second-order valence-corrected chi connectivity index (χ2v) is 4.78. The molecule has 0 spiro atoms. The fourth-order valence-corrected chi connectivity index (χ4v) is 1.92. The van der Waals surface area contributed by atoms with Gasteiger partial charge in [0.05, 0.1) is 6.42 Å². The van der Waals surface area contributed by atoms with Crippen molar-refractivity contribution in [1.29, 1.82) is 0 Å². The standard InChI is InChI=1S/C16H15N3O/c1-11-3-6-13(7-4-11)9-15-18-16(19-20-15)14-8-5-12(2)17-10-14/h3-8,10,17H,2,9H2,1H3. The van der Waals surface area contributed by atoms with Crippen LogP contribution >= 0.6 is 0 Å². The van der Waals surface area contributed by atoms with Crippen molar-refractivity contribution < 1.29 is 4.52 Å². The second-order valence-electron chi connectivity index (χ2n) is 4.78. The van der Waals surface area contributed by atoms with Crippen molar-refractivity contribution in [3.8, 4) is 0 Å². The SMILES string of the molecule is C=C1C=CC(c2noc(Cc3ccc(C)cc3)n2)=CN1. The summed E-state index contributed by atoms with van der Waals surface area (Å²) in [7, 11) is 0. The van der Waals surface area contributed by atoms with Crippen LogP contribution in [0.1, 0.15) is 22.8 Å². The highest BCUT2D eigenvalue weighted by atomic mass is 16.5. The molecule has 0 fully saturated rings. The first-order valence-corrected chi connectivity index (χ1v) is 6.43. The van der Waals surface area contributed by atoms with Crippen LogP contribution < -0.4 is 5.32 Å². The summed E-state index contributed by atoms with van der Waals surface area (Å²) >= 11 is 0.